The molecule has 1 aliphatic carbocycles. The maximum atomic E-state index is 13.2. The Morgan fingerprint density at radius 1 is 1.17 bits per heavy atom. The molecule has 0 spiro atoms. The molecule has 158 valence electrons. The molecule has 0 bridgehead atoms. The predicted octanol–water partition coefficient (Wildman–Crippen LogP) is 3.52. The predicted molar refractivity (Wildman–Crippen MR) is 114 cm³/mol. The van der Waals surface area contributed by atoms with Gasteiger partial charge in [0.2, 0.25) is 5.91 Å². The van der Waals surface area contributed by atoms with Gasteiger partial charge in [0.1, 0.15) is 5.75 Å². The molecule has 2 aromatic rings. The summed E-state index contributed by atoms with van der Waals surface area (Å²) in [7, 11) is 1.60. The third-order valence-electron chi connectivity index (χ3n) is 6.25. The van der Waals surface area contributed by atoms with Crippen molar-refractivity contribution in [2.45, 2.75) is 44.7 Å². The number of hydrogen-bond donors (Lipinski definition) is 0. The van der Waals surface area contributed by atoms with Crippen LogP contribution in [0.3, 0.4) is 0 Å². The van der Waals surface area contributed by atoms with E-state index in [2.05, 4.69) is 4.98 Å². The molecule has 1 aromatic carbocycles. The van der Waals surface area contributed by atoms with E-state index in [1.165, 1.54) is 0 Å². The lowest BCUT2D eigenvalue weighted by atomic mass is 9.83. The Hall–Kier alpha value is -2.89. The van der Waals surface area contributed by atoms with E-state index in [4.69, 9.17) is 4.74 Å². The zero-order valence-corrected chi connectivity index (χ0v) is 17.5. The van der Waals surface area contributed by atoms with E-state index in [-0.39, 0.29) is 23.8 Å². The van der Waals surface area contributed by atoms with Gasteiger partial charge in [-0.25, -0.2) is 0 Å². The van der Waals surface area contributed by atoms with E-state index in [0.29, 0.717) is 30.9 Å². The van der Waals surface area contributed by atoms with Crippen LogP contribution in [0.1, 0.15) is 48.0 Å². The van der Waals surface area contributed by atoms with Gasteiger partial charge in [-0.15, -0.1) is 0 Å². The molecule has 6 nitrogen and oxygen atoms in total. The number of pyridine rings is 1. The first-order valence-corrected chi connectivity index (χ1v) is 10.8. The summed E-state index contributed by atoms with van der Waals surface area (Å²) >= 11 is 0. The van der Waals surface area contributed by atoms with Crippen molar-refractivity contribution in [1.29, 1.82) is 0 Å². The molecule has 1 saturated heterocycles. The lowest BCUT2D eigenvalue weighted by molar-refractivity contribution is -0.142. The molecule has 1 saturated carbocycles. The van der Waals surface area contributed by atoms with Crippen LogP contribution in [-0.2, 0) is 11.3 Å². The van der Waals surface area contributed by atoms with Crippen LogP contribution in [0.2, 0.25) is 0 Å². The second-order valence-corrected chi connectivity index (χ2v) is 8.23. The molecule has 2 fully saturated rings. The summed E-state index contributed by atoms with van der Waals surface area (Å²) in [5.74, 6) is 1.03. The summed E-state index contributed by atoms with van der Waals surface area (Å²) in [5, 5.41) is 0. The van der Waals surface area contributed by atoms with E-state index in [9.17, 15) is 9.59 Å². The van der Waals surface area contributed by atoms with Crippen LogP contribution in [0.15, 0.2) is 48.8 Å². The number of rotatable bonds is 6. The number of hydrogen-bond acceptors (Lipinski definition) is 4. The fourth-order valence-corrected chi connectivity index (χ4v) is 4.30. The summed E-state index contributed by atoms with van der Waals surface area (Å²) < 4.78 is 5.27. The monoisotopic (exact) mass is 407 g/mol. The van der Waals surface area contributed by atoms with Gasteiger partial charge in [0, 0.05) is 49.6 Å². The lowest BCUT2D eigenvalue weighted by Crippen LogP contribution is -2.53. The zero-order chi connectivity index (χ0) is 20.9. The second kappa shape index (κ2) is 9.28. The summed E-state index contributed by atoms with van der Waals surface area (Å²) in [5.41, 5.74) is 1.65. The van der Waals surface area contributed by atoms with Crippen LogP contribution < -0.4 is 4.74 Å². The molecule has 0 N–H and O–H groups in total. The number of amides is 2. The van der Waals surface area contributed by atoms with Crippen LogP contribution in [0.25, 0.3) is 0 Å². The lowest BCUT2D eigenvalue weighted by Gasteiger charge is -2.42. The Morgan fingerprint density at radius 3 is 2.73 bits per heavy atom. The minimum atomic E-state index is -0.00368. The van der Waals surface area contributed by atoms with Gasteiger partial charge in [0.25, 0.3) is 5.91 Å². The van der Waals surface area contributed by atoms with Gasteiger partial charge in [-0.2, -0.15) is 0 Å². The van der Waals surface area contributed by atoms with Crippen LogP contribution in [0.5, 0.6) is 5.75 Å². The summed E-state index contributed by atoms with van der Waals surface area (Å²) in [6.45, 7) is 1.83. The second-order valence-electron chi connectivity index (χ2n) is 8.23. The largest absolute Gasteiger partial charge is 0.497 e. The smallest absolute Gasteiger partial charge is 0.254 e. The molecule has 6 heteroatoms. The van der Waals surface area contributed by atoms with Crippen molar-refractivity contribution < 1.29 is 14.3 Å². The molecule has 1 atom stereocenters. The van der Waals surface area contributed by atoms with E-state index < -0.39 is 0 Å². The highest BCUT2D eigenvalue weighted by Gasteiger charge is 2.36. The van der Waals surface area contributed by atoms with Crippen molar-refractivity contribution in [2.75, 3.05) is 20.2 Å². The Kier molecular flexibility index (Phi) is 6.31. The van der Waals surface area contributed by atoms with Gasteiger partial charge in [-0.3, -0.25) is 14.6 Å². The van der Waals surface area contributed by atoms with E-state index in [1.54, 1.807) is 19.4 Å². The molecule has 4 rings (SSSR count). The van der Waals surface area contributed by atoms with Crippen molar-refractivity contribution in [1.82, 2.24) is 14.8 Å². The Labute approximate surface area is 177 Å². The molecule has 0 radical (unpaired) electrons. The van der Waals surface area contributed by atoms with Gasteiger partial charge in [-0.1, -0.05) is 18.6 Å². The molecule has 2 heterocycles. The third-order valence-corrected chi connectivity index (χ3v) is 6.25. The van der Waals surface area contributed by atoms with Gasteiger partial charge < -0.3 is 14.5 Å². The van der Waals surface area contributed by atoms with Gasteiger partial charge in [0.15, 0.2) is 0 Å². The van der Waals surface area contributed by atoms with E-state index in [0.717, 1.165) is 37.7 Å². The first-order chi connectivity index (χ1) is 14.7. The van der Waals surface area contributed by atoms with Gasteiger partial charge in [0.05, 0.1) is 7.11 Å². The third kappa shape index (κ3) is 4.48. The molecular weight excluding hydrogens is 378 g/mol. The number of piperidine rings is 1. The summed E-state index contributed by atoms with van der Waals surface area (Å²) in [4.78, 5) is 34.5. The number of ether oxygens (including phenoxy) is 1. The first kappa shape index (κ1) is 20.4. The highest BCUT2D eigenvalue weighted by Crippen LogP contribution is 2.31. The van der Waals surface area contributed by atoms with Crippen LogP contribution >= 0.6 is 0 Å². The maximum absolute atomic E-state index is 13.2. The first-order valence-electron chi connectivity index (χ1n) is 10.8. The summed E-state index contributed by atoms with van der Waals surface area (Å²) in [6.07, 6.45) is 8.45. The van der Waals surface area contributed by atoms with Crippen molar-refractivity contribution in [2.24, 2.45) is 5.92 Å². The van der Waals surface area contributed by atoms with Crippen molar-refractivity contribution in [3.8, 4) is 5.75 Å². The standard InChI is InChI=1S/C24H29N3O3/c1-30-22-11-3-9-20(14-22)23(28)26-13-5-10-21(17-26)27(24(29)19-7-2-8-19)16-18-6-4-12-25-15-18/h3-4,6,9,11-12,14-15,19,21H,2,5,7-8,10,13,16-17H2,1H3. The van der Waals surface area contributed by atoms with Gasteiger partial charge in [-0.05, 0) is 55.5 Å². The SMILES string of the molecule is COc1cccc(C(=O)N2CCCC(N(Cc3cccnc3)C(=O)C3CCC3)C2)c1. The normalized spacial score (nSPS) is 19.1. The molecule has 1 unspecified atom stereocenters. The highest BCUT2D eigenvalue weighted by atomic mass is 16.5. The Morgan fingerprint density at radius 2 is 2.03 bits per heavy atom. The molecule has 2 aliphatic rings. The van der Waals surface area contributed by atoms with Crippen LogP contribution in [0, 0.1) is 5.92 Å². The number of nitrogens with zero attached hydrogens (tertiary/aromatic N) is 3. The zero-order valence-electron chi connectivity index (χ0n) is 17.5. The quantitative estimate of drug-likeness (QED) is 0.735. The van der Waals surface area contributed by atoms with E-state index in [1.807, 2.05) is 46.3 Å². The van der Waals surface area contributed by atoms with Gasteiger partial charge >= 0.3 is 0 Å². The average molecular weight is 408 g/mol. The fraction of sp³-hybridized carbons (Fsp3) is 0.458. The van der Waals surface area contributed by atoms with Crippen molar-refractivity contribution >= 4 is 11.8 Å². The highest BCUT2D eigenvalue weighted by molar-refractivity contribution is 5.94. The molecule has 1 aromatic heterocycles. The number of methoxy groups -OCH3 is 1. The van der Waals surface area contributed by atoms with Crippen LogP contribution in [-0.4, -0.2) is 52.8 Å². The number of likely N-dealkylation sites (tertiary alicyclic amines) is 1. The maximum Gasteiger partial charge on any atom is 0.254 e. The van der Waals surface area contributed by atoms with Crippen molar-refractivity contribution in [3.63, 3.8) is 0 Å². The minimum absolute atomic E-state index is 0.00368. The number of aromatic nitrogens is 1. The average Bonchev–Trinajstić information content (AvgIpc) is 2.76. The Bertz CT molecular complexity index is 882. The van der Waals surface area contributed by atoms with Crippen LogP contribution in [0.4, 0.5) is 0 Å². The molecule has 1 aliphatic heterocycles. The van der Waals surface area contributed by atoms with E-state index >= 15 is 0 Å². The number of carbonyl (C=O) groups is 2. The fourth-order valence-electron chi connectivity index (χ4n) is 4.30. The molecule has 2 amide bonds. The Balaban J connectivity index is 1.51. The minimum Gasteiger partial charge on any atom is -0.497 e. The summed E-state index contributed by atoms with van der Waals surface area (Å²) in [6, 6.07) is 11.2. The molecular formula is C24H29N3O3. The number of carbonyl (C=O) groups excluding carboxylic acids is 2. The van der Waals surface area contributed by atoms with Crippen molar-refractivity contribution in [3.05, 3.63) is 59.9 Å². The molecule has 30 heavy (non-hydrogen) atoms. The number of benzene rings is 1. The topological polar surface area (TPSA) is 62.7 Å².